The summed E-state index contributed by atoms with van der Waals surface area (Å²) in [5.74, 6) is 0.343. The highest BCUT2D eigenvalue weighted by atomic mass is 32.1. The van der Waals surface area contributed by atoms with Gasteiger partial charge < -0.3 is 4.74 Å². The number of nitrogens with zero attached hydrogens (tertiary/aromatic N) is 1. The molecule has 0 saturated heterocycles. The van der Waals surface area contributed by atoms with Crippen LogP contribution in [0, 0.1) is 5.92 Å². The fourth-order valence-corrected chi connectivity index (χ4v) is 2.65. The molecule has 0 saturated carbocycles. The lowest BCUT2D eigenvalue weighted by Crippen LogP contribution is -2.10. The largest absolute Gasteiger partial charge is 0.384 e. The Morgan fingerprint density at radius 2 is 2.24 bits per heavy atom. The summed E-state index contributed by atoms with van der Waals surface area (Å²) in [6.07, 6.45) is 0.494. The van der Waals surface area contributed by atoms with Gasteiger partial charge in [0.15, 0.2) is 10.8 Å². The van der Waals surface area contributed by atoms with Gasteiger partial charge in [0.2, 0.25) is 0 Å². The van der Waals surface area contributed by atoms with E-state index in [0.717, 1.165) is 10.2 Å². The van der Waals surface area contributed by atoms with Gasteiger partial charge in [-0.2, -0.15) is 0 Å². The van der Waals surface area contributed by atoms with Gasteiger partial charge in [-0.05, 0) is 18.1 Å². The maximum absolute atomic E-state index is 12.0. The maximum atomic E-state index is 12.0. The Bertz CT molecular complexity index is 488. The highest BCUT2D eigenvalue weighted by Crippen LogP contribution is 2.23. The van der Waals surface area contributed by atoms with Gasteiger partial charge in [0, 0.05) is 20.1 Å². The number of hydrogen-bond donors (Lipinski definition) is 0. The van der Waals surface area contributed by atoms with E-state index in [1.165, 1.54) is 11.3 Å². The summed E-state index contributed by atoms with van der Waals surface area (Å²) in [6.45, 7) is 2.62. The quantitative estimate of drug-likeness (QED) is 0.764. The van der Waals surface area contributed by atoms with Crippen LogP contribution in [-0.4, -0.2) is 24.5 Å². The first-order valence-electron chi connectivity index (χ1n) is 5.58. The molecule has 4 heteroatoms. The van der Waals surface area contributed by atoms with Crippen LogP contribution in [0.3, 0.4) is 0 Å². The minimum Gasteiger partial charge on any atom is -0.384 e. The van der Waals surface area contributed by atoms with Crippen LogP contribution < -0.4 is 0 Å². The smallest absolute Gasteiger partial charge is 0.191 e. The van der Waals surface area contributed by atoms with Crippen LogP contribution in [0.4, 0.5) is 0 Å². The van der Waals surface area contributed by atoms with Crippen LogP contribution in [0.25, 0.3) is 10.2 Å². The first-order chi connectivity index (χ1) is 8.20. The third-order valence-corrected chi connectivity index (χ3v) is 3.59. The van der Waals surface area contributed by atoms with Gasteiger partial charge >= 0.3 is 0 Å². The van der Waals surface area contributed by atoms with E-state index < -0.39 is 0 Å². The van der Waals surface area contributed by atoms with E-state index in [9.17, 15) is 4.79 Å². The van der Waals surface area contributed by atoms with Crippen LogP contribution in [0.1, 0.15) is 23.1 Å². The van der Waals surface area contributed by atoms with E-state index in [2.05, 4.69) is 4.98 Å². The predicted molar refractivity (Wildman–Crippen MR) is 69.6 cm³/mol. The molecule has 0 aliphatic heterocycles. The Morgan fingerprint density at radius 3 is 2.94 bits per heavy atom. The minimum atomic E-state index is 0.107. The van der Waals surface area contributed by atoms with E-state index >= 15 is 0 Å². The fraction of sp³-hybridized carbons (Fsp3) is 0.385. The number of ether oxygens (including phenoxy) is 1. The Kier molecular flexibility index (Phi) is 3.86. The third kappa shape index (κ3) is 2.90. The summed E-state index contributed by atoms with van der Waals surface area (Å²) < 4.78 is 6.10. The van der Waals surface area contributed by atoms with Crippen molar-refractivity contribution in [3.63, 3.8) is 0 Å². The highest BCUT2D eigenvalue weighted by Gasteiger charge is 2.15. The molecule has 1 unspecified atom stereocenters. The molecule has 1 heterocycles. The molecule has 0 N–H and O–H groups in total. The van der Waals surface area contributed by atoms with E-state index in [4.69, 9.17) is 4.74 Å². The summed E-state index contributed by atoms with van der Waals surface area (Å²) >= 11 is 1.46. The molecule has 0 aliphatic rings. The van der Waals surface area contributed by atoms with Gasteiger partial charge in [0.25, 0.3) is 0 Å². The summed E-state index contributed by atoms with van der Waals surface area (Å²) in [5.41, 5.74) is 0.903. The molecule has 1 aromatic heterocycles. The van der Waals surface area contributed by atoms with Crippen molar-refractivity contribution in [2.75, 3.05) is 13.7 Å². The molecule has 0 aliphatic carbocycles. The zero-order chi connectivity index (χ0) is 12.3. The summed E-state index contributed by atoms with van der Waals surface area (Å²) in [5, 5.41) is 0.606. The number of fused-ring (bicyclic) bond motifs is 1. The number of methoxy groups -OCH3 is 1. The van der Waals surface area contributed by atoms with Gasteiger partial charge in [0.1, 0.15) is 0 Å². The van der Waals surface area contributed by atoms with Crippen molar-refractivity contribution in [2.24, 2.45) is 5.92 Å². The van der Waals surface area contributed by atoms with Crippen LogP contribution in [0.2, 0.25) is 0 Å². The van der Waals surface area contributed by atoms with E-state index in [1.807, 2.05) is 31.2 Å². The molecule has 90 valence electrons. The third-order valence-electron chi connectivity index (χ3n) is 2.52. The Morgan fingerprint density at radius 1 is 1.47 bits per heavy atom. The van der Waals surface area contributed by atoms with Crippen molar-refractivity contribution in [3.8, 4) is 0 Å². The number of aromatic nitrogens is 1. The summed E-state index contributed by atoms with van der Waals surface area (Å²) in [6, 6.07) is 7.82. The van der Waals surface area contributed by atoms with Crippen LogP contribution in [0.5, 0.6) is 0 Å². The molecule has 0 spiro atoms. The molecule has 3 nitrogen and oxygen atoms in total. The first-order valence-corrected chi connectivity index (χ1v) is 6.40. The zero-order valence-electron chi connectivity index (χ0n) is 9.97. The molecular formula is C13H15NO2S. The number of hydrogen-bond acceptors (Lipinski definition) is 4. The fourth-order valence-electron chi connectivity index (χ4n) is 1.74. The first kappa shape index (κ1) is 12.2. The van der Waals surface area contributed by atoms with Crippen molar-refractivity contribution >= 4 is 27.3 Å². The van der Waals surface area contributed by atoms with Crippen molar-refractivity contribution in [2.45, 2.75) is 13.3 Å². The van der Waals surface area contributed by atoms with Gasteiger partial charge in [0.05, 0.1) is 10.2 Å². The molecule has 0 fully saturated rings. The lowest BCUT2D eigenvalue weighted by atomic mass is 10.1. The number of rotatable bonds is 5. The Hall–Kier alpha value is -1.26. The molecule has 1 atom stereocenters. The number of carbonyl (C=O) groups excluding carboxylic acids is 1. The number of thiazole rings is 1. The molecule has 2 aromatic rings. The van der Waals surface area contributed by atoms with Gasteiger partial charge in [-0.3, -0.25) is 4.79 Å². The second-order valence-corrected chi connectivity index (χ2v) is 5.21. The maximum Gasteiger partial charge on any atom is 0.191 e. The van der Waals surface area contributed by atoms with Crippen molar-refractivity contribution in [3.05, 3.63) is 29.3 Å². The molecule has 2 rings (SSSR count). The van der Waals surface area contributed by atoms with Crippen LogP contribution in [-0.2, 0) is 4.74 Å². The number of ketones is 1. The van der Waals surface area contributed by atoms with Crippen LogP contribution >= 0.6 is 11.3 Å². The standard InChI is InChI=1S/C13H15NO2S/c1-9(8-16-2)7-11(15)13-14-10-5-3-4-6-12(10)17-13/h3-6,9H,7-8H2,1-2H3. The lowest BCUT2D eigenvalue weighted by Gasteiger charge is -2.06. The van der Waals surface area contributed by atoms with Crippen LogP contribution in [0.15, 0.2) is 24.3 Å². The van der Waals surface area contributed by atoms with E-state index in [-0.39, 0.29) is 11.7 Å². The van der Waals surface area contributed by atoms with Crippen molar-refractivity contribution < 1.29 is 9.53 Å². The average Bonchev–Trinajstić information content (AvgIpc) is 2.72. The van der Waals surface area contributed by atoms with E-state index in [1.54, 1.807) is 7.11 Å². The summed E-state index contributed by atoms with van der Waals surface area (Å²) in [4.78, 5) is 16.3. The molecular weight excluding hydrogens is 234 g/mol. The SMILES string of the molecule is COCC(C)CC(=O)c1nc2ccccc2s1. The number of benzene rings is 1. The molecule has 1 aromatic carbocycles. The molecule has 0 bridgehead atoms. The van der Waals surface area contributed by atoms with Crippen molar-refractivity contribution in [1.29, 1.82) is 0 Å². The normalized spacial score (nSPS) is 12.8. The minimum absolute atomic E-state index is 0.107. The van der Waals surface area contributed by atoms with E-state index in [0.29, 0.717) is 18.0 Å². The second kappa shape index (κ2) is 5.38. The number of para-hydroxylation sites is 1. The Labute approximate surface area is 104 Å². The van der Waals surface area contributed by atoms with Crippen molar-refractivity contribution in [1.82, 2.24) is 4.98 Å². The predicted octanol–water partition coefficient (Wildman–Crippen LogP) is 3.15. The van der Waals surface area contributed by atoms with Gasteiger partial charge in [-0.15, -0.1) is 11.3 Å². The zero-order valence-corrected chi connectivity index (χ0v) is 10.8. The number of carbonyl (C=O) groups is 1. The Balaban J connectivity index is 2.13. The molecule has 17 heavy (non-hydrogen) atoms. The molecule has 0 amide bonds. The van der Waals surface area contributed by atoms with Gasteiger partial charge in [-0.25, -0.2) is 4.98 Å². The monoisotopic (exact) mass is 249 g/mol. The van der Waals surface area contributed by atoms with Gasteiger partial charge in [-0.1, -0.05) is 19.1 Å². The lowest BCUT2D eigenvalue weighted by molar-refractivity contribution is 0.0920. The summed E-state index contributed by atoms with van der Waals surface area (Å²) in [7, 11) is 1.65. The second-order valence-electron chi connectivity index (χ2n) is 4.17. The molecule has 0 radical (unpaired) electrons. The average molecular weight is 249 g/mol. The highest BCUT2D eigenvalue weighted by molar-refractivity contribution is 7.20. The topological polar surface area (TPSA) is 39.2 Å². The number of Topliss-reactive ketones (excluding diaryl/α,β-unsaturated/α-hetero) is 1.